The third-order valence-corrected chi connectivity index (χ3v) is 5.34. The highest BCUT2D eigenvalue weighted by Crippen LogP contribution is 2.35. The van der Waals surface area contributed by atoms with Crippen molar-refractivity contribution in [2.45, 2.75) is 44.1 Å². The number of carbonyl (C=O) groups is 4. The predicted octanol–water partition coefficient (Wildman–Crippen LogP) is 1.73. The lowest BCUT2D eigenvalue weighted by atomic mass is 9.98. The van der Waals surface area contributed by atoms with Crippen LogP contribution in [0.2, 0.25) is 0 Å². The number of para-hydroxylation sites is 1. The normalized spacial score (nSPS) is 17.7. The summed E-state index contributed by atoms with van der Waals surface area (Å²) in [6.45, 7) is 0.155. The molecule has 1 aromatic rings. The maximum atomic E-state index is 12.6. The predicted molar refractivity (Wildman–Crippen MR) is 103 cm³/mol. The lowest BCUT2D eigenvalue weighted by Crippen LogP contribution is -2.44. The van der Waals surface area contributed by atoms with Crippen molar-refractivity contribution in [1.82, 2.24) is 15.1 Å². The molecule has 3 rings (SSSR count). The Morgan fingerprint density at radius 3 is 2.54 bits per heavy atom. The number of nitrogens with zero attached hydrogens (tertiary/aromatic N) is 2. The van der Waals surface area contributed by atoms with E-state index in [4.69, 9.17) is 0 Å². The lowest BCUT2D eigenvalue weighted by Gasteiger charge is -2.20. The molecular weight excluding hydrogens is 360 g/mol. The Bertz CT molecular complexity index is 759. The van der Waals surface area contributed by atoms with Crippen molar-refractivity contribution >= 4 is 29.4 Å². The Morgan fingerprint density at radius 2 is 1.86 bits per heavy atom. The van der Waals surface area contributed by atoms with Gasteiger partial charge in [0.2, 0.25) is 11.8 Å². The summed E-state index contributed by atoms with van der Waals surface area (Å²) in [5.74, 6) is -0.650. The van der Waals surface area contributed by atoms with E-state index in [0.29, 0.717) is 24.9 Å². The van der Waals surface area contributed by atoms with Crippen molar-refractivity contribution in [2.75, 3.05) is 25.5 Å². The minimum Gasteiger partial charge on any atom is -0.336 e. The molecule has 150 valence electrons. The van der Waals surface area contributed by atoms with Crippen LogP contribution in [0.15, 0.2) is 30.3 Å². The van der Waals surface area contributed by atoms with Gasteiger partial charge in [0.05, 0.1) is 6.54 Å². The zero-order chi connectivity index (χ0) is 20.1. The summed E-state index contributed by atoms with van der Waals surface area (Å²) in [6, 6.07) is 8.66. The Morgan fingerprint density at radius 1 is 1.18 bits per heavy atom. The van der Waals surface area contributed by atoms with Crippen molar-refractivity contribution in [3.05, 3.63) is 30.3 Å². The minimum absolute atomic E-state index is 0.0556. The van der Waals surface area contributed by atoms with Gasteiger partial charge in [-0.15, -0.1) is 0 Å². The molecule has 1 aliphatic carbocycles. The van der Waals surface area contributed by atoms with E-state index in [0.717, 1.165) is 12.8 Å². The fraction of sp³-hybridized carbons (Fsp3) is 0.500. The van der Waals surface area contributed by atoms with Crippen LogP contribution in [-0.4, -0.2) is 59.2 Å². The van der Waals surface area contributed by atoms with E-state index in [1.54, 1.807) is 19.2 Å². The van der Waals surface area contributed by atoms with Crippen LogP contribution in [0.1, 0.15) is 38.5 Å². The van der Waals surface area contributed by atoms with Gasteiger partial charge in [-0.05, 0) is 31.4 Å². The third kappa shape index (κ3) is 4.32. The second kappa shape index (κ2) is 8.41. The van der Waals surface area contributed by atoms with Gasteiger partial charge < -0.3 is 15.5 Å². The van der Waals surface area contributed by atoms with Gasteiger partial charge in [-0.3, -0.25) is 19.3 Å². The molecule has 1 aromatic carbocycles. The summed E-state index contributed by atoms with van der Waals surface area (Å²) in [7, 11) is 1.56. The number of urea groups is 1. The zero-order valence-corrected chi connectivity index (χ0v) is 16.1. The Hall–Kier alpha value is -2.90. The molecule has 2 fully saturated rings. The molecule has 8 nitrogen and oxygen atoms in total. The second-order valence-electron chi connectivity index (χ2n) is 7.44. The molecule has 1 spiro atoms. The summed E-state index contributed by atoms with van der Waals surface area (Å²) >= 11 is 0. The Kier molecular flexibility index (Phi) is 5.96. The molecule has 1 aliphatic heterocycles. The minimum atomic E-state index is -0.715. The highest BCUT2D eigenvalue weighted by molar-refractivity contribution is 6.07. The maximum Gasteiger partial charge on any atom is 0.325 e. The average Bonchev–Trinajstić information content (AvgIpc) is 3.22. The van der Waals surface area contributed by atoms with Gasteiger partial charge in [-0.1, -0.05) is 31.0 Å². The number of imide groups is 1. The molecule has 8 heteroatoms. The fourth-order valence-corrected chi connectivity index (χ4v) is 3.80. The highest BCUT2D eigenvalue weighted by Gasteiger charge is 2.52. The summed E-state index contributed by atoms with van der Waals surface area (Å²) < 4.78 is 0. The number of anilines is 1. The fourth-order valence-electron chi connectivity index (χ4n) is 3.80. The standard InChI is InChI=1S/C20H26N4O4/c1-23(14-16(25)21-15-8-3-2-4-9-15)17(26)10-7-13-24-18(27)20(22-19(24)28)11-5-6-12-20/h2-4,8-9H,5-7,10-14H2,1H3,(H,21,25)(H,22,28). The number of hydrogen-bond donors (Lipinski definition) is 2. The Labute approximate surface area is 164 Å². The van der Waals surface area contributed by atoms with Crippen molar-refractivity contribution in [3.8, 4) is 0 Å². The van der Waals surface area contributed by atoms with Gasteiger partial charge in [0.25, 0.3) is 5.91 Å². The van der Waals surface area contributed by atoms with Crippen LogP contribution >= 0.6 is 0 Å². The van der Waals surface area contributed by atoms with Gasteiger partial charge >= 0.3 is 6.03 Å². The van der Waals surface area contributed by atoms with Gasteiger partial charge in [0, 0.05) is 25.7 Å². The largest absolute Gasteiger partial charge is 0.336 e. The van der Waals surface area contributed by atoms with Gasteiger partial charge in [-0.25, -0.2) is 4.79 Å². The molecular formula is C20H26N4O4. The number of rotatable bonds is 7. The average molecular weight is 386 g/mol. The van der Waals surface area contributed by atoms with Crippen LogP contribution in [0.5, 0.6) is 0 Å². The van der Waals surface area contributed by atoms with Gasteiger partial charge in [0.15, 0.2) is 0 Å². The molecule has 2 aliphatic rings. The first-order chi connectivity index (χ1) is 13.4. The summed E-state index contributed by atoms with van der Waals surface area (Å²) in [5.41, 5.74) is -0.0410. The quantitative estimate of drug-likeness (QED) is 0.697. The van der Waals surface area contributed by atoms with Gasteiger partial charge in [-0.2, -0.15) is 0 Å². The molecule has 0 aromatic heterocycles. The lowest BCUT2D eigenvalue weighted by molar-refractivity contribution is -0.134. The number of hydrogen-bond acceptors (Lipinski definition) is 4. The first-order valence-electron chi connectivity index (χ1n) is 9.64. The molecule has 0 bridgehead atoms. The molecule has 0 radical (unpaired) electrons. The van der Waals surface area contributed by atoms with E-state index in [1.807, 2.05) is 18.2 Å². The van der Waals surface area contributed by atoms with Crippen molar-refractivity contribution in [3.63, 3.8) is 0 Å². The summed E-state index contributed by atoms with van der Waals surface area (Å²) in [6.07, 6.45) is 3.79. The van der Waals surface area contributed by atoms with Crippen LogP contribution in [0.3, 0.4) is 0 Å². The van der Waals surface area contributed by atoms with E-state index < -0.39 is 5.54 Å². The molecule has 0 atom stereocenters. The van der Waals surface area contributed by atoms with E-state index in [1.165, 1.54) is 9.80 Å². The number of nitrogens with one attached hydrogen (secondary N) is 2. The molecule has 28 heavy (non-hydrogen) atoms. The molecule has 5 amide bonds. The topological polar surface area (TPSA) is 98.8 Å². The number of likely N-dealkylation sites (N-methyl/N-ethyl adjacent to an activating group) is 1. The number of carbonyl (C=O) groups excluding carboxylic acids is 4. The first-order valence-corrected chi connectivity index (χ1v) is 9.64. The van der Waals surface area contributed by atoms with Crippen molar-refractivity contribution in [2.24, 2.45) is 0 Å². The summed E-state index contributed by atoms with van der Waals surface area (Å²) in [5, 5.41) is 5.56. The molecule has 2 N–H and O–H groups in total. The highest BCUT2D eigenvalue weighted by atomic mass is 16.2. The van der Waals surface area contributed by atoms with Gasteiger partial charge in [0.1, 0.15) is 5.54 Å². The monoisotopic (exact) mass is 386 g/mol. The third-order valence-electron chi connectivity index (χ3n) is 5.34. The molecule has 1 saturated heterocycles. The van der Waals surface area contributed by atoms with Crippen molar-refractivity contribution < 1.29 is 19.2 Å². The van der Waals surface area contributed by atoms with Crippen LogP contribution in [0, 0.1) is 0 Å². The Balaban J connectivity index is 1.42. The van der Waals surface area contributed by atoms with E-state index in [9.17, 15) is 19.2 Å². The van der Waals surface area contributed by atoms with Crippen LogP contribution in [0.25, 0.3) is 0 Å². The van der Waals surface area contributed by atoms with Crippen LogP contribution in [0.4, 0.5) is 10.5 Å². The van der Waals surface area contributed by atoms with Crippen molar-refractivity contribution in [1.29, 1.82) is 0 Å². The second-order valence-corrected chi connectivity index (χ2v) is 7.44. The zero-order valence-electron chi connectivity index (χ0n) is 16.1. The SMILES string of the molecule is CN(CC(=O)Nc1ccccc1)C(=O)CCCN1C(=O)NC2(CCCC2)C1=O. The maximum absolute atomic E-state index is 12.6. The molecule has 1 saturated carbocycles. The van der Waals surface area contributed by atoms with E-state index in [2.05, 4.69) is 10.6 Å². The van der Waals surface area contributed by atoms with E-state index >= 15 is 0 Å². The molecule has 1 heterocycles. The number of benzene rings is 1. The number of amides is 5. The van der Waals surface area contributed by atoms with Crippen LogP contribution < -0.4 is 10.6 Å². The van der Waals surface area contributed by atoms with E-state index in [-0.39, 0.29) is 43.3 Å². The van der Waals surface area contributed by atoms with Crippen LogP contribution in [-0.2, 0) is 14.4 Å². The first kappa shape index (κ1) is 19.9. The molecule has 0 unspecified atom stereocenters. The smallest absolute Gasteiger partial charge is 0.325 e. The summed E-state index contributed by atoms with van der Waals surface area (Å²) in [4.78, 5) is 51.5.